The molecule has 0 atom stereocenters. The van der Waals surface area contributed by atoms with Crippen LogP contribution in [0.2, 0.25) is 0 Å². The molecule has 2 rings (SSSR count). The largest absolute Gasteiger partial charge is 0.351 e. The van der Waals surface area contributed by atoms with Gasteiger partial charge in [0.2, 0.25) is 5.91 Å². The Hall–Kier alpha value is -1.55. The predicted molar refractivity (Wildman–Crippen MR) is 98.1 cm³/mol. The van der Waals surface area contributed by atoms with E-state index in [0.29, 0.717) is 45.8 Å². The van der Waals surface area contributed by atoms with Crippen molar-refractivity contribution in [2.45, 2.75) is 20.4 Å². The standard InChI is InChI=1S/C17H27FN4O3S/c1-3-21(4-2)26(24,25)22-11-9-20(10-12-22)14-17(23)19-13-15-5-7-16(18)8-6-15/h5-8H,3-4,9-14H2,1-2H3,(H,19,23). The van der Waals surface area contributed by atoms with Crippen molar-refractivity contribution in [3.63, 3.8) is 0 Å². The van der Waals surface area contributed by atoms with Gasteiger partial charge in [-0.2, -0.15) is 17.0 Å². The highest BCUT2D eigenvalue weighted by molar-refractivity contribution is 7.86. The molecule has 1 aliphatic heterocycles. The van der Waals surface area contributed by atoms with Crippen LogP contribution in [-0.4, -0.2) is 73.6 Å². The number of carbonyl (C=O) groups excluding carboxylic acids is 1. The Morgan fingerprint density at radius 3 is 2.23 bits per heavy atom. The Morgan fingerprint density at radius 1 is 1.12 bits per heavy atom. The quantitative estimate of drug-likeness (QED) is 0.712. The second-order valence-electron chi connectivity index (χ2n) is 6.17. The summed E-state index contributed by atoms with van der Waals surface area (Å²) < 4.78 is 40.8. The lowest BCUT2D eigenvalue weighted by Gasteiger charge is -2.35. The lowest BCUT2D eigenvalue weighted by Crippen LogP contribution is -2.54. The molecule has 1 aromatic rings. The molecule has 1 N–H and O–H groups in total. The van der Waals surface area contributed by atoms with Crippen LogP contribution in [0.5, 0.6) is 0 Å². The van der Waals surface area contributed by atoms with E-state index in [1.165, 1.54) is 20.7 Å². The average Bonchev–Trinajstić information content (AvgIpc) is 2.62. The average molecular weight is 386 g/mol. The summed E-state index contributed by atoms with van der Waals surface area (Å²) in [5.74, 6) is -0.438. The number of hydrogen-bond acceptors (Lipinski definition) is 4. The molecule has 26 heavy (non-hydrogen) atoms. The minimum atomic E-state index is -3.42. The molecule has 0 spiro atoms. The van der Waals surface area contributed by atoms with Crippen molar-refractivity contribution in [3.8, 4) is 0 Å². The van der Waals surface area contributed by atoms with Crippen LogP contribution in [0.15, 0.2) is 24.3 Å². The van der Waals surface area contributed by atoms with Gasteiger partial charge in [-0.3, -0.25) is 9.69 Å². The molecule has 1 aliphatic rings. The number of nitrogens with zero attached hydrogens (tertiary/aromatic N) is 3. The number of hydrogen-bond donors (Lipinski definition) is 1. The van der Waals surface area contributed by atoms with Crippen molar-refractivity contribution < 1.29 is 17.6 Å². The highest BCUT2D eigenvalue weighted by Crippen LogP contribution is 2.12. The fraction of sp³-hybridized carbons (Fsp3) is 0.588. The summed E-state index contributed by atoms with van der Waals surface area (Å²) in [4.78, 5) is 14.0. The lowest BCUT2D eigenvalue weighted by molar-refractivity contribution is -0.122. The molecule has 9 heteroatoms. The smallest absolute Gasteiger partial charge is 0.282 e. The fourth-order valence-electron chi connectivity index (χ4n) is 2.89. The van der Waals surface area contributed by atoms with Gasteiger partial charge < -0.3 is 5.32 Å². The summed E-state index contributed by atoms with van der Waals surface area (Å²) in [6.07, 6.45) is 0. The monoisotopic (exact) mass is 386 g/mol. The zero-order valence-electron chi connectivity index (χ0n) is 15.3. The van der Waals surface area contributed by atoms with E-state index < -0.39 is 10.2 Å². The molecule has 0 saturated carbocycles. The predicted octanol–water partition coefficient (Wildman–Crippen LogP) is 0.646. The molecule has 0 radical (unpaired) electrons. The Labute approximate surface area is 154 Å². The summed E-state index contributed by atoms with van der Waals surface area (Å²) >= 11 is 0. The molecule has 7 nitrogen and oxygen atoms in total. The highest BCUT2D eigenvalue weighted by Gasteiger charge is 2.31. The van der Waals surface area contributed by atoms with E-state index in [-0.39, 0.29) is 18.3 Å². The Morgan fingerprint density at radius 2 is 1.69 bits per heavy atom. The van der Waals surface area contributed by atoms with E-state index >= 15 is 0 Å². The molecule has 0 bridgehead atoms. The van der Waals surface area contributed by atoms with Crippen molar-refractivity contribution in [2.24, 2.45) is 0 Å². The number of rotatable bonds is 8. The van der Waals surface area contributed by atoms with Gasteiger partial charge in [0, 0.05) is 45.8 Å². The van der Waals surface area contributed by atoms with Gasteiger partial charge in [0.05, 0.1) is 6.54 Å². The lowest BCUT2D eigenvalue weighted by atomic mass is 10.2. The fourth-order valence-corrected chi connectivity index (χ4v) is 4.50. The second-order valence-corrected chi connectivity index (χ2v) is 8.10. The van der Waals surface area contributed by atoms with Crippen molar-refractivity contribution in [3.05, 3.63) is 35.6 Å². The van der Waals surface area contributed by atoms with E-state index in [4.69, 9.17) is 0 Å². The van der Waals surface area contributed by atoms with Crippen molar-refractivity contribution in [2.75, 3.05) is 45.8 Å². The molecule has 1 heterocycles. The molecule has 1 saturated heterocycles. The van der Waals surface area contributed by atoms with E-state index in [0.717, 1.165) is 5.56 Å². The zero-order chi connectivity index (χ0) is 19.2. The number of benzene rings is 1. The maximum absolute atomic E-state index is 12.9. The summed E-state index contributed by atoms with van der Waals surface area (Å²) in [6, 6.07) is 5.98. The summed E-state index contributed by atoms with van der Waals surface area (Å²) in [5, 5.41) is 2.80. The summed E-state index contributed by atoms with van der Waals surface area (Å²) in [5.41, 5.74) is 0.829. The number of carbonyl (C=O) groups is 1. The van der Waals surface area contributed by atoms with Gasteiger partial charge in [-0.25, -0.2) is 4.39 Å². The molecule has 1 aromatic carbocycles. The number of piperazine rings is 1. The first-order valence-electron chi connectivity index (χ1n) is 8.85. The number of nitrogens with one attached hydrogen (secondary N) is 1. The van der Waals surface area contributed by atoms with Crippen LogP contribution in [0.1, 0.15) is 19.4 Å². The van der Waals surface area contributed by atoms with Crippen LogP contribution < -0.4 is 5.32 Å². The van der Waals surface area contributed by atoms with E-state index in [9.17, 15) is 17.6 Å². The minimum absolute atomic E-state index is 0.130. The molecule has 0 aliphatic carbocycles. The number of amides is 1. The molecule has 0 aromatic heterocycles. The maximum Gasteiger partial charge on any atom is 0.282 e. The Bertz CT molecular complexity index is 684. The van der Waals surface area contributed by atoms with Crippen LogP contribution in [0.25, 0.3) is 0 Å². The van der Waals surface area contributed by atoms with E-state index in [2.05, 4.69) is 5.32 Å². The minimum Gasteiger partial charge on any atom is -0.351 e. The van der Waals surface area contributed by atoms with Crippen LogP contribution in [0.4, 0.5) is 4.39 Å². The topological polar surface area (TPSA) is 73.0 Å². The van der Waals surface area contributed by atoms with Gasteiger partial charge in [-0.15, -0.1) is 0 Å². The third-order valence-electron chi connectivity index (χ3n) is 4.46. The molecule has 1 fully saturated rings. The molecule has 0 unspecified atom stereocenters. The van der Waals surface area contributed by atoms with Crippen molar-refractivity contribution in [1.29, 1.82) is 0 Å². The van der Waals surface area contributed by atoms with Crippen molar-refractivity contribution >= 4 is 16.1 Å². The van der Waals surface area contributed by atoms with E-state index in [1.807, 2.05) is 18.7 Å². The number of halogens is 1. The molecule has 1 amide bonds. The second kappa shape index (κ2) is 9.40. The SMILES string of the molecule is CCN(CC)S(=O)(=O)N1CCN(CC(=O)NCc2ccc(F)cc2)CC1. The van der Waals surface area contributed by atoms with Gasteiger partial charge in [0.15, 0.2) is 0 Å². The van der Waals surface area contributed by atoms with Gasteiger partial charge >= 0.3 is 0 Å². The van der Waals surface area contributed by atoms with Gasteiger partial charge in [0.1, 0.15) is 5.82 Å². The molecular weight excluding hydrogens is 359 g/mol. The Balaban J connectivity index is 1.77. The third-order valence-corrected chi connectivity index (χ3v) is 6.65. The normalized spacial score (nSPS) is 16.8. The van der Waals surface area contributed by atoms with Crippen LogP contribution >= 0.6 is 0 Å². The van der Waals surface area contributed by atoms with Crippen LogP contribution in [-0.2, 0) is 21.5 Å². The molecular formula is C17H27FN4O3S. The van der Waals surface area contributed by atoms with Crippen molar-refractivity contribution in [1.82, 2.24) is 18.8 Å². The van der Waals surface area contributed by atoms with Gasteiger partial charge in [0.25, 0.3) is 10.2 Å². The van der Waals surface area contributed by atoms with Gasteiger partial charge in [-0.1, -0.05) is 26.0 Å². The maximum atomic E-state index is 12.9. The highest BCUT2D eigenvalue weighted by atomic mass is 32.2. The zero-order valence-corrected chi connectivity index (χ0v) is 16.1. The third kappa shape index (κ3) is 5.47. The summed E-state index contributed by atoms with van der Waals surface area (Å²) in [7, 11) is -3.42. The van der Waals surface area contributed by atoms with E-state index in [1.54, 1.807) is 12.1 Å². The first-order chi connectivity index (χ1) is 12.4. The Kier molecular flexibility index (Phi) is 7.51. The summed E-state index contributed by atoms with van der Waals surface area (Å²) in [6.45, 7) is 6.90. The van der Waals surface area contributed by atoms with Gasteiger partial charge in [-0.05, 0) is 17.7 Å². The first kappa shape index (κ1) is 20.8. The van der Waals surface area contributed by atoms with Crippen LogP contribution in [0, 0.1) is 5.82 Å². The molecule has 146 valence electrons. The first-order valence-corrected chi connectivity index (χ1v) is 10.2. The van der Waals surface area contributed by atoms with Crippen LogP contribution in [0.3, 0.4) is 0 Å².